The number of carbonyl (C=O) groups excluding carboxylic acids is 2. The molecule has 0 bridgehead atoms. The molecule has 0 atom stereocenters. The van der Waals surface area contributed by atoms with E-state index in [1.54, 1.807) is 40.1 Å². The first kappa shape index (κ1) is 19.0. The van der Waals surface area contributed by atoms with E-state index in [1.165, 1.54) is 19.2 Å². The number of halogens is 1. The maximum atomic E-state index is 12.9. The van der Waals surface area contributed by atoms with Gasteiger partial charge in [0.05, 0.1) is 12.7 Å². The molecule has 0 aromatic heterocycles. The van der Waals surface area contributed by atoms with E-state index in [0.29, 0.717) is 54.5 Å². The number of methoxy groups -OCH3 is 1. The minimum Gasteiger partial charge on any atom is -0.508 e. The van der Waals surface area contributed by atoms with E-state index in [9.17, 15) is 14.7 Å². The SMILES string of the molecule is COc1ccc(Cl)cc1C(=O)N1CCCN(C(=O)c2cccc(O)c2)CC1. The summed E-state index contributed by atoms with van der Waals surface area (Å²) < 4.78 is 5.28. The Balaban J connectivity index is 1.72. The fourth-order valence-corrected chi connectivity index (χ4v) is 3.33. The fourth-order valence-electron chi connectivity index (χ4n) is 3.16. The number of benzene rings is 2. The van der Waals surface area contributed by atoms with Crippen molar-refractivity contribution in [3.8, 4) is 11.5 Å². The van der Waals surface area contributed by atoms with E-state index in [-0.39, 0.29) is 17.6 Å². The van der Waals surface area contributed by atoms with Gasteiger partial charge in [-0.05, 0) is 42.8 Å². The first-order valence-corrected chi connectivity index (χ1v) is 9.08. The third-order valence-electron chi connectivity index (χ3n) is 4.56. The Morgan fingerprint density at radius 3 is 2.37 bits per heavy atom. The summed E-state index contributed by atoms with van der Waals surface area (Å²) in [5.41, 5.74) is 0.851. The van der Waals surface area contributed by atoms with Crippen molar-refractivity contribution in [3.63, 3.8) is 0 Å². The number of hydrogen-bond acceptors (Lipinski definition) is 4. The Bertz CT molecular complexity index is 856. The second-order valence-electron chi connectivity index (χ2n) is 6.33. The highest BCUT2D eigenvalue weighted by atomic mass is 35.5. The summed E-state index contributed by atoms with van der Waals surface area (Å²) in [5, 5.41) is 10.0. The van der Waals surface area contributed by atoms with Crippen molar-refractivity contribution >= 4 is 23.4 Å². The van der Waals surface area contributed by atoms with Gasteiger partial charge in [0.25, 0.3) is 11.8 Å². The molecule has 1 aliphatic rings. The van der Waals surface area contributed by atoms with Crippen LogP contribution in [0.25, 0.3) is 0 Å². The van der Waals surface area contributed by atoms with Crippen LogP contribution in [-0.2, 0) is 0 Å². The number of rotatable bonds is 3. The van der Waals surface area contributed by atoms with Gasteiger partial charge in [0.2, 0.25) is 0 Å². The van der Waals surface area contributed by atoms with Gasteiger partial charge in [0.1, 0.15) is 11.5 Å². The van der Waals surface area contributed by atoms with Gasteiger partial charge in [0, 0.05) is 36.8 Å². The summed E-state index contributed by atoms with van der Waals surface area (Å²) in [6.45, 7) is 1.92. The predicted octanol–water partition coefficient (Wildman–Crippen LogP) is 3.04. The summed E-state index contributed by atoms with van der Waals surface area (Å²) in [7, 11) is 1.51. The standard InChI is InChI=1S/C20H21ClN2O4/c1-27-18-7-6-15(21)13-17(18)20(26)23-9-3-8-22(10-11-23)19(25)14-4-2-5-16(24)12-14/h2,4-7,12-13,24H,3,8-11H2,1H3. The number of aromatic hydroxyl groups is 1. The Morgan fingerprint density at radius 1 is 1.00 bits per heavy atom. The average Bonchev–Trinajstić information content (AvgIpc) is 2.93. The number of hydrogen-bond donors (Lipinski definition) is 1. The van der Waals surface area contributed by atoms with Crippen LogP contribution in [0.15, 0.2) is 42.5 Å². The Labute approximate surface area is 162 Å². The van der Waals surface area contributed by atoms with Gasteiger partial charge in [-0.2, -0.15) is 0 Å². The molecule has 0 aliphatic carbocycles. The molecule has 1 heterocycles. The second-order valence-corrected chi connectivity index (χ2v) is 6.77. The monoisotopic (exact) mass is 388 g/mol. The summed E-state index contributed by atoms with van der Waals surface area (Å²) >= 11 is 6.03. The number of carbonyl (C=O) groups is 2. The van der Waals surface area contributed by atoms with Crippen LogP contribution in [0.2, 0.25) is 5.02 Å². The zero-order valence-corrected chi connectivity index (χ0v) is 15.8. The van der Waals surface area contributed by atoms with Crippen LogP contribution in [0.3, 0.4) is 0 Å². The zero-order valence-electron chi connectivity index (χ0n) is 15.0. The number of ether oxygens (including phenoxy) is 1. The van der Waals surface area contributed by atoms with Gasteiger partial charge in [-0.1, -0.05) is 17.7 Å². The summed E-state index contributed by atoms with van der Waals surface area (Å²) in [5.74, 6) is 0.211. The second kappa shape index (κ2) is 8.31. The first-order chi connectivity index (χ1) is 13.0. The molecule has 0 saturated carbocycles. The van der Waals surface area contributed by atoms with Crippen LogP contribution in [0.4, 0.5) is 0 Å². The maximum Gasteiger partial charge on any atom is 0.257 e. The topological polar surface area (TPSA) is 70.1 Å². The average molecular weight is 389 g/mol. The van der Waals surface area contributed by atoms with Gasteiger partial charge in [-0.15, -0.1) is 0 Å². The number of amides is 2. The lowest BCUT2D eigenvalue weighted by atomic mass is 10.1. The Morgan fingerprint density at radius 2 is 1.70 bits per heavy atom. The molecule has 1 N–H and O–H groups in total. The molecular weight excluding hydrogens is 368 g/mol. The van der Waals surface area contributed by atoms with Crippen LogP contribution in [-0.4, -0.2) is 60.0 Å². The molecular formula is C20H21ClN2O4. The lowest BCUT2D eigenvalue weighted by Gasteiger charge is -2.23. The van der Waals surface area contributed by atoms with E-state index in [4.69, 9.17) is 16.3 Å². The smallest absolute Gasteiger partial charge is 0.257 e. The Hall–Kier alpha value is -2.73. The van der Waals surface area contributed by atoms with Crippen LogP contribution in [0, 0.1) is 0 Å². The highest BCUT2D eigenvalue weighted by molar-refractivity contribution is 6.31. The van der Waals surface area contributed by atoms with Crippen molar-refractivity contribution in [2.24, 2.45) is 0 Å². The molecule has 1 saturated heterocycles. The van der Waals surface area contributed by atoms with Gasteiger partial charge in [-0.3, -0.25) is 9.59 Å². The Kier molecular flexibility index (Phi) is 5.86. The van der Waals surface area contributed by atoms with E-state index in [2.05, 4.69) is 0 Å². The molecule has 0 radical (unpaired) electrons. The molecule has 0 spiro atoms. The minimum absolute atomic E-state index is 0.0560. The van der Waals surface area contributed by atoms with E-state index < -0.39 is 0 Å². The van der Waals surface area contributed by atoms with Crippen molar-refractivity contribution in [1.29, 1.82) is 0 Å². The van der Waals surface area contributed by atoms with Gasteiger partial charge in [-0.25, -0.2) is 0 Å². The molecule has 6 nitrogen and oxygen atoms in total. The van der Waals surface area contributed by atoms with Crippen LogP contribution in [0.1, 0.15) is 27.1 Å². The molecule has 0 unspecified atom stereocenters. The number of nitrogens with zero attached hydrogens (tertiary/aromatic N) is 2. The molecule has 1 aliphatic heterocycles. The van der Waals surface area contributed by atoms with Gasteiger partial charge < -0.3 is 19.6 Å². The summed E-state index contributed by atoms with van der Waals surface area (Å²) in [6, 6.07) is 11.2. The molecule has 2 aromatic rings. The number of phenolic OH excluding ortho intramolecular Hbond substituents is 1. The molecule has 2 aromatic carbocycles. The molecule has 27 heavy (non-hydrogen) atoms. The lowest BCUT2D eigenvalue weighted by Crippen LogP contribution is -2.37. The van der Waals surface area contributed by atoms with Crippen molar-refractivity contribution in [1.82, 2.24) is 9.80 Å². The molecule has 3 rings (SSSR count). The number of phenols is 1. The normalized spacial score (nSPS) is 14.6. The molecule has 142 valence electrons. The van der Waals surface area contributed by atoms with Crippen molar-refractivity contribution < 1.29 is 19.4 Å². The highest BCUT2D eigenvalue weighted by Gasteiger charge is 2.25. The third kappa shape index (κ3) is 4.34. The highest BCUT2D eigenvalue weighted by Crippen LogP contribution is 2.25. The van der Waals surface area contributed by atoms with Crippen molar-refractivity contribution in [2.45, 2.75) is 6.42 Å². The predicted molar refractivity (Wildman–Crippen MR) is 103 cm³/mol. The van der Waals surface area contributed by atoms with Gasteiger partial charge in [0.15, 0.2) is 0 Å². The minimum atomic E-state index is -0.166. The largest absolute Gasteiger partial charge is 0.508 e. The first-order valence-electron chi connectivity index (χ1n) is 8.70. The van der Waals surface area contributed by atoms with Crippen LogP contribution >= 0.6 is 11.6 Å². The van der Waals surface area contributed by atoms with E-state index in [0.717, 1.165) is 0 Å². The molecule has 2 amide bonds. The van der Waals surface area contributed by atoms with Crippen LogP contribution < -0.4 is 4.74 Å². The fraction of sp³-hybridized carbons (Fsp3) is 0.300. The van der Waals surface area contributed by atoms with E-state index >= 15 is 0 Å². The maximum absolute atomic E-state index is 12.9. The quantitative estimate of drug-likeness (QED) is 0.877. The molecule has 7 heteroatoms. The van der Waals surface area contributed by atoms with Crippen molar-refractivity contribution in [2.75, 3.05) is 33.3 Å². The third-order valence-corrected chi connectivity index (χ3v) is 4.79. The lowest BCUT2D eigenvalue weighted by molar-refractivity contribution is 0.0716. The summed E-state index contributed by atoms with van der Waals surface area (Å²) in [4.78, 5) is 29.0. The van der Waals surface area contributed by atoms with Crippen LogP contribution in [0.5, 0.6) is 11.5 Å². The summed E-state index contributed by atoms with van der Waals surface area (Å²) in [6.07, 6.45) is 0.666. The van der Waals surface area contributed by atoms with E-state index in [1.807, 2.05) is 0 Å². The zero-order chi connectivity index (χ0) is 19.4. The van der Waals surface area contributed by atoms with Crippen molar-refractivity contribution in [3.05, 3.63) is 58.6 Å². The van der Waals surface area contributed by atoms with Gasteiger partial charge >= 0.3 is 0 Å². The molecule has 1 fully saturated rings.